The summed E-state index contributed by atoms with van der Waals surface area (Å²) in [5, 5.41) is 2.42. The van der Waals surface area contributed by atoms with E-state index in [1.54, 1.807) is 13.8 Å². The highest BCUT2D eigenvalue weighted by Gasteiger charge is 2.25. The summed E-state index contributed by atoms with van der Waals surface area (Å²) in [6.07, 6.45) is -0.267. The first kappa shape index (κ1) is 13.6. The summed E-state index contributed by atoms with van der Waals surface area (Å²) in [6.45, 7) is 6.02. The van der Waals surface area contributed by atoms with E-state index >= 15 is 0 Å². The molecule has 0 aromatic rings. The summed E-state index contributed by atoms with van der Waals surface area (Å²) in [5.74, 6) is -2.09. The Labute approximate surface area is 89.2 Å². The Kier molecular flexibility index (Phi) is 5.59. The second-order valence-corrected chi connectivity index (χ2v) is 3.59. The molecular formula is C10H17NO4. The number of rotatable bonds is 5. The molecule has 0 aliphatic heterocycles. The second kappa shape index (κ2) is 6.16. The minimum Gasteiger partial charge on any atom is -0.462 e. The van der Waals surface area contributed by atoms with Gasteiger partial charge in [0.1, 0.15) is 11.7 Å². The van der Waals surface area contributed by atoms with Crippen LogP contribution in [0.1, 0.15) is 27.7 Å². The zero-order valence-electron chi connectivity index (χ0n) is 9.49. The van der Waals surface area contributed by atoms with E-state index in [1.165, 1.54) is 13.8 Å². The predicted molar refractivity (Wildman–Crippen MR) is 54.1 cm³/mol. The molecule has 0 spiro atoms. The van der Waals surface area contributed by atoms with Gasteiger partial charge in [0.25, 0.3) is 0 Å². The maximum Gasteiger partial charge on any atom is 0.318 e. The lowest BCUT2D eigenvalue weighted by Crippen LogP contribution is -2.37. The molecule has 0 fully saturated rings. The van der Waals surface area contributed by atoms with E-state index in [4.69, 9.17) is 4.74 Å². The minimum atomic E-state index is -0.906. The van der Waals surface area contributed by atoms with Crippen molar-refractivity contribution in [2.24, 2.45) is 5.92 Å². The molecule has 0 saturated carbocycles. The molecule has 1 N–H and O–H groups in total. The fourth-order valence-electron chi connectivity index (χ4n) is 0.953. The van der Waals surface area contributed by atoms with Crippen molar-refractivity contribution in [3.8, 4) is 0 Å². The van der Waals surface area contributed by atoms with Crippen LogP contribution in [0.4, 0.5) is 0 Å². The van der Waals surface area contributed by atoms with Gasteiger partial charge in [-0.05, 0) is 20.8 Å². The molecule has 0 aromatic carbocycles. The van der Waals surface area contributed by atoms with Gasteiger partial charge in [-0.25, -0.2) is 0 Å². The smallest absolute Gasteiger partial charge is 0.318 e. The number of hydrogen-bond donors (Lipinski definition) is 1. The highest BCUT2D eigenvalue weighted by atomic mass is 16.5. The fraction of sp³-hybridized carbons (Fsp3) is 0.700. The van der Waals surface area contributed by atoms with Crippen LogP contribution in [0, 0.1) is 5.92 Å². The normalized spacial score (nSPS) is 12.1. The summed E-state index contributed by atoms with van der Waals surface area (Å²) in [7, 11) is 0. The third kappa shape index (κ3) is 5.83. The number of nitrogens with one attached hydrogen (secondary N) is 1. The third-order valence-electron chi connectivity index (χ3n) is 1.68. The van der Waals surface area contributed by atoms with Gasteiger partial charge in [0.15, 0.2) is 0 Å². The van der Waals surface area contributed by atoms with Gasteiger partial charge in [-0.15, -0.1) is 0 Å². The number of carbonyl (C=O) groups excluding carboxylic acids is 3. The number of esters is 1. The lowest BCUT2D eigenvalue weighted by atomic mass is 10.1. The Hall–Kier alpha value is -1.39. The van der Waals surface area contributed by atoms with E-state index < -0.39 is 11.9 Å². The summed E-state index contributed by atoms with van der Waals surface area (Å²) in [6, 6.07) is 0. The Morgan fingerprint density at radius 2 is 1.73 bits per heavy atom. The van der Waals surface area contributed by atoms with Gasteiger partial charge in [-0.1, -0.05) is 0 Å². The van der Waals surface area contributed by atoms with Crippen molar-refractivity contribution >= 4 is 17.7 Å². The van der Waals surface area contributed by atoms with Gasteiger partial charge < -0.3 is 10.1 Å². The average Bonchev–Trinajstić information content (AvgIpc) is 2.01. The molecule has 1 unspecified atom stereocenters. The van der Waals surface area contributed by atoms with Crippen molar-refractivity contribution in [1.29, 1.82) is 0 Å². The van der Waals surface area contributed by atoms with Gasteiger partial charge >= 0.3 is 5.97 Å². The van der Waals surface area contributed by atoms with Crippen LogP contribution in [-0.4, -0.2) is 30.3 Å². The zero-order chi connectivity index (χ0) is 12.0. The highest BCUT2D eigenvalue weighted by Crippen LogP contribution is 2.03. The van der Waals surface area contributed by atoms with E-state index in [-0.39, 0.29) is 24.3 Å². The van der Waals surface area contributed by atoms with Crippen LogP contribution in [0.25, 0.3) is 0 Å². The van der Waals surface area contributed by atoms with E-state index in [1.807, 2.05) is 0 Å². The Bertz CT molecular complexity index is 260. The lowest BCUT2D eigenvalue weighted by Gasteiger charge is -2.15. The van der Waals surface area contributed by atoms with Crippen LogP contribution in [-0.2, 0) is 19.1 Å². The molecule has 0 aromatic heterocycles. The predicted octanol–water partition coefficient (Wildman–Crippen LogP) is 0.279. The zero-order valence-corrected chi connectivity index (χ0v) is 9.49. The van der Waals surface area contributed by atoms with Gasteiger partial charge in [-0.3, -0.25) is 14.4 Å². The molecule has 15 heavy (non-hydrogen) atoms. The largest absolute Gasteiger partial charge is 0.462 e. The molecule has 0 aliphatic rings. The summed E-state index contributed by atoms with van der Waals surface area (Å²) in [4.78, 5) is 33.2. The van der Waals surface area contributed by atoms with Crippen LogP contribution in [0.3, 0.4) is 0 Å². The summed E-state index contributed by atoms with van der Waals surface area (Å²) >= 11 is 0. The Morgan fingerprint density at radius 1 is 1.20 bits per heavy atom. The molecule has 5 nitrogen and oxygen atoms in total. The van der Waals surface area contributed by atoms with Crippen LogP contribution >= 0.6 is 0 Å². The van der Waals surface area contributed by atoms with E-state index in [2.05, 4.69) is 5.32 Å². The van der Waals surface area contributed by atoms with Crippen molar-refractivity contribution in [1.82, 2.24) is 5.32 Å². The molecule has 86 valence electrons. The Morgan fingerprint density at radius 3 is 2.07 bits per heavy atom. The van der Waals surface area contributed by atoms with Gasteiger partial charge in [0, 0.05) is 13.5 Å². The van der Waals surface area contributed by atoms with Crippen LogP contribution in [0.15, 0.2) is 0 Å². The van der Waals surface area contributed by atoms with E-state index in [0.717, 1.165) is 0 Å². The van der Waals surface area contributed by atoms with E-state index in [0.29, 0.717) is 0 Å². The number of ketones is 1. The van der Waals surface area contributed by atoms with Crippen LogP contribution < -0.4 is 5.32 Å². The number of ether oxygens (including phenoxy) is 1. The van der Waals surface area contributed by atoms with Gasteiger partial charge in [0.05, 0.1) is 6.10 Å². The first-order chi connectivity index (χ1) is 6.84. The number of Topliss-reactive ketones (excluding diaryl/α,β-unsaturated/α-hetero) is 1. The summed E-state index contributed by atoms with van der Waals surface area (Å²) in [5.41, 5.74) is 0. The monoisotopic (exact) mass is 215 g/mol. The quantitative estimate of drug-likeness (QED) is 0.528. The first-order valence-corrected chi connectivity index (χ1v) is 4.80. The lowest BCUT2D eigenvalue weighted by molar-refractivity contribution is -0.154. The number of hydrogen-bond acceptors (Lipinski definition) is 4. The molecular weight excluding hydrogens is 198 g/mol. The van der Waals surface area contributed by atoms with Gasteiger partial charge in [0.2, 0.25) is 5.91 Å². The van der Waals surface area contributed by atoms with Crippen molar-refractivity contribution in [3.63, 3.8) is 0 Å². The van der Waals surface area contributed by atoms with Crippen molar-refractivity contribution < 1.29 is 19.1 Å². The summed E-state index contributed by atoms with van der Waals surface area (Å²) < 4.78 is 4.89. The molecule has 0 bridgehead atoms. The molecule has 1 amide bonds. The molecule has 0 heterocycles. The molecule has 5 heteroatoms. The van der Waals surface area contributed by atoms with E-state index in [9.17, 15) is 14.4 Å². The maximum atomic E-state index is 11.4. The SMILES string of the molecule is CC(=O)NCC(C(C)=O)C(=O)OC(C)C. The first-order valence-electron chi connectivity index (χ1n) is 4.80. The molecule has 0 radical (unpaired) electrons. The molecule has 0 saturated heterocycles. The van der Waals surface area contributed by atoms with Crippen LogP contribution in [0.2, 0.25) is 0 Å². The topological polar surface area (TPSA) is 72.5 Å². The second-order valence-electron chi connectivity index (χ2n) is 3.59. The van der Waals surface area contributed by atoms with Crippen LogP contribution in [0.5, 0.6) is 0 Å². The Balaban J connectivity index is 4.32. The van der Waals surface area contributed by atoms with Gasteiger partial charge in [-0.2, -0.15) is 0 Å². The standard InChI is InChI=1S/C10H17NO4/c1-6(2)15-10(14)9(7(3)12)5-11-8(4)13/h6,9H,5H2,1-4H3,(H,11,13). The molecule has 1 atom stereocenters. The molecule has 0 rings (SSSR count). The average molecular weight is 215 g/mol. The fourth-order valence-corrected chi connectivity index (χ4v) is 0.953. The highest BCUT2D eigenvalue weighted by molar-refractivity contribution is 5.98. The minimum absolute atomic E-state index is 0.00375. The number of carbonyl (C=O) groups is 3. The maximum absolute atomic E-state index is 11.4. The third-order valence-corrected chi connectivity index (χ3v) is 1.68. The number of amides is 1. The van der Waals surface area contributed by atoms with Crippen molar-refractivity contribution in [2.75, 3.05) is 6.54 Å². The molecule has 0 aliphatic carbocycles. The van der Waals surface area contributed by atoms with Crippen molar-refractivity contribution in [3.05, 3.63) is 0 Å². The van der Waals surface area contributed by atoms with Crippen molar-refractivity contribution in [2.45, 2.75) is 33.8 Å².